The first-order valence-electron chi connectivity index (χ1n) is 5.12. The summed E-state index contributed by atoms with van der Waals surface area (Å²) in [5.41, 5.74) is 0. The summed E-state index contributed by atoms with van der Waals surface area (Å²) < 4.78 is 48.7. The van der Waals surface area contributed by atoms with Crippen LogP contribution in [0.15, 0.2) is 17.3 Å². The predicted molar refractivity (Wildman–Crippen MR) is 60.6 cm³/mol. The molecule has 1 aromatic heterocycles. The lowest BCUT2D eigenvalue weighted by atomic mass is 10.2. The van der Waals surface area contributed by atoms with Gasteiger partial charge in [0.1, 0.15) is 0 Å². The smallest absolute Gasteiger partial charge is 0.257 e. The summed E-state index contributed by atoms with van der Waals surface area (Å²) in [5.74, 6) is 0.142. The molecule has 0 saturated carbocycles. The third-order valence-electron chi connectivity index (χ3n) is 2.73. The molecule has 1 aliphatic heterocycles. The van der Waals surface area contributed by atoms with Crippen LogP contribution in [0.4, 0.5) is 0 Å². The molecule has 0 amide bonds. The molecule has 0 spiro atoms. The van der Waals surface area contributed by atoms with Crippen LogP contribution in [-0.4, -0.2) is 44.6 Å². The summed E-state index contributed by atoms with van der Waals surface area (Å²) in [4.78, 5) is 0. The summed E-state index contributed by atoms with van der Waals surface area (Å²) in [6.07, 6.45) is 2.42. The van der Waals surface area contributed by atoms with Gasteiger partial charge in [0.05, 0.1) is 17.2 Å². The largest absolute Gasteiger partial charge is 0.266 e. The fourth-order valence-corrected chi connectivity index (χ4v) is 4.62. The van der Waals surface area contributed by atoms with Crippen molar-refractivity contribution < 1.29 is 16.8 Å². The van der Waals surface area contributed by atoms with Crippen LogP contribution in [0.2, 0.25) is 0 Å². The highest BCUT2D eigenvalue weighted by atomic mass is 32.2. The zero-order chi connectivity index (χ0) is 12.5. The van der Waals surface area contributed by atoms with Crippen molar-refractivity contribution in [2.24, 2.45) is 0 Å². The number of sulfonamides is 1. The number of rotatable bonds is 4. The summed E-state index contributed by atoms with van der Waals surface area (Å²) in [5, 5.41) is 5.18. The molecule has 0 bridgehead atoms. The zero-order valence-electron chi connectivity index (χ0n) is 8.96. The first-order chi connectivity index (χ1) is 7.92. The highest BCUT2D eigenvalue weighted by Crippen LogP contribution is 2.19. The summed E-state index contributed by atoms with van der Waals surface area (Å²) in [6, 6.07) is 1.31. The number of hydrogen-bond acceptors (Lipinski definition) is 5. The second kappa shape index (κ2) is 4.39. The van der Waals surface area contributed by atoms with Crippen molar-refractivity contribution in [1.29, 1.82) is 0 Å². The molecule has 1 unspecified atom stereocenters. The van der Waals surface area contributed by atoms with Crippen LogP contribution in [0, 0.1) is 0 Å². The van der Waals surface area contributed by atoms with Gasteiger partial charge in [-0.15, -0.1) is 0 Å². The summed E-state index contributed by atoms with van der Waals surface area (Å²) in [7, 11) is -6.82. The molecule has 7 nitrogen and oxygen atoms in total. The van der Waals surface area contributed by atoms with Gasteiger partial charge in [0.25, 0.3) is 10.0 Å². The van der Waals surface area contributed by atoms with Gasteiger partial charge in [-0.3, -0.25) is 5.10 Å². The zero-order valence-corrected chi connectivity index (χ0v) is 10.6. The monoisotopic (exact) mass is 279 g/mol. The maximum Gasteiger partial charge on any atom is 0.257 e. The second-order valence-corrected chi connectivity index (χ2v) is 8.04. The SMILES string of the molecule is O=S(=O)(NCC1CCCS1(=O)=O)c1ccn[nH]1. The fraction of sp³-hybridized carbons (Fsp3) is 0.625. The number of nitrogens with one attached hydrogen (secondary N) is 2. The molecule has 96 valence electrons. The van der Waals surface area contributed by atoms with Gasteiger partial charge in [0.2, 0.25) is 0 Å². The standard InChI is InChI=1S/C8H13N3O4S2/c12-16(13)5-1-2-7(16)6-10-17(14,15)8-3-4-9-11-8/h3-4,7,10H,1-2,5-6H2,(H,9,11). The Kier molecular flexibility index (Phi) is 3.23. The van der Waals surface area contributed by atoms with Crippen molar-refractivity contribution in [3.05, 3.63) is 12.3 Å². The van der Waals surface area contributed by atoms with E-state index in [0.29, 0.717) is 12.8 Å². The number of hydrogen-bond donors (Lipinski definition) is 2. The van der Waals surface area contributed by atoms with E-state index >= 15 is 0 Å². The average Bonchev–Trinajstić information content (AvgIpc) is 2.84. The van der Waals surface area contributed by atoms with Gasteiger partial charge in [-0.05, 0) is 18.9 Å². The number of aromatic amines is 1. The van der Waals surface area contributed by atoms with Crippen molar-refractivity contribution in [2.75, 3.05) is 12.3 Å². The lowest BCUT2D eigenvalue weighted by Crippen LogP contribution is -2.34. The molecular weight excluding hydrogens is 266 g/mol. The Bertz CT molecular complexity index is 576. The molecule has 9 heteroatoms. The number of nitrogens with zero attached hydrogens (tertiary/aromatic N) is 1. The van der Waals surface area contributed by atoms with Crippen LogP contribution in [0.5, 0.6) is 0 Å². The van der Waals surface area contributed by atoms with Crippen LogP contribution in [0.25, 0.3) is 0 Å². The van der Waals surface area contributed by atoms with Crippen molar-refractivity contribution in [1.82, 2.24) is 14.9 Å². The molecule has 2 N–H and O–H groups in total. The van der Waals surface area contributed by atoms with Gasteiger partial charge in [-0.25, -0.2) is 21.6 Å². The van der Waals surface area contributed by atoms with E-state index in [9.17, 15) is 16.8 Å². The molecular formula is C8H13N3O4S2. The highest BCUT2D eigenvalue weighted by molar-refractivity contribution is 7.92. The van der Waals surface area contributed by atoms with E-state index in [1.807, 2.05) is 0 Å². The number of sulfone groups is 1. The molecule has 1 aromatic rings. The van der Waals surface area contributed by atoms with Gasteiger partial charge in [-0.1, -0.05) is 0 Å². The Labute approximate surface area is 99.6 Å². The van der Waals surface area contributed by atoms with Gasteiger partial charge < -0.3 is 0 Å². The average molecular weight is 279 g/mol. The Morgan fingerprint density at radius 3 is 2.82 bits per heavy atom. The van der Waals surface area contributed by atoms with Crippen LogP contribution < -0.4 is 4.72 Å². The van der Waals surface area contributed by atoms with Crippen molar-refractivity contribution in [3.8, 4) is 0 Å². The Morgan fingerprint density at radius 1 is 1.53 bits per heavy atom. The minimum Gasteiger partial charge on any atom is -0.266 e. The van der Waals surface area contributed by atoms with Crippen LogP contribution in [0.3, 0.4) is 0 Å². The molecule has 0 aliphatic carbocycles. The Morgan fingerprint density at radius 2 is 2.29 bits per heavy atom. The summed E-state index contributed by atoms with van der Waals surface area (Å²) >= 11 is 0. The molecule has 1 aliphatic rings. The fourth-order valence-electron chi connectivity index (χ4n) is 1.76. The predicted octanol–water partition coefficient (Wildman–Crippen LogP) is -0.735. The molecule has 1 atom stereocenters. The molecule has 0 radical (unpaired) electrons. The van der Waals surface area contributed by atoms with Crippen LogP contribution >= 0.6 is 0 Å². The van der Waals surface area contributed by atoms with E-state index < -0.39 is 25.1 Å². The first kappa shape index (κ1) is 12.5. The van der Waals surface area contributed by atoms with E-state index in [4.69, 9.17) is 0 Å². The van der Waals surface area contributed by atoms with Gasteiger partial charge in [-0.2, -0.15) is 5.10 Å². The highest BCUT2D eigenvalue weighted by Gasteiger charge is 2.32. The Balaban J connectivity index is 2.04. The van der Waals surface area contributed by atoms with Crippen molar-refractivity contribution >= 4 is 19.9 Å². The topological polar surface area (TPSA) is 109 Å². The quantitative estimate of drug-likeness (QED) is 0.755. The number of H-pyrrole nitrogens is 1. The minimum atomic E-state index is -3.69. The molecule has 2 heterocycles. The third kappa shape index (κ3) is 2.67. The molecule has 0 aromatic carbocycles. The molecule has 1 saturated heterocycles. The number of aromatic nitrogens is 2. The van der Waals surface area contributed by atoms with E-state index in [2.05, 4.69) is 14.9 Å². The minimum absolute atomic E-state index is 0.0621. The first-order valence-corrected chi connectivity index (χ1v) is 8.32. The van der Waals surface area contributed by atoms with Crippen molar-refractivity contribution in [3.63, 3.8) is 0 Å². The maximum absolute atomic E-state index is 11.7. The van der Waals surface area contributed by atoms with E-state index in [1.165, 1.54) is 12.3 Å². The normalized spacial score (nSPS) is 23.9. The lowest BCUT2D eigenvalue weighted by molar-refractivity contribution is 0.568. The van der Waals surface area contributed by atoms with Gasteiger partial charge in [0, 0.05) is 6.54 Å². The van der Waals surface area contributed by atoms with E-state index in [1.54, 1.807) is 0 Å². The molecule has 2 rings (SSSR count). The van der Waals surface area contributed by atoms with Gasteiger partial charge in [0.15, 0.2) is 14.9 Å². The van der Waals surface area contributed by atoms with E-state index in [-0.39, 0.29) is 17.3 Å². The van der Waals surface area contributed by atoms with Crippen molar-refractivity contribution in [2.45, 2.75) is 23.1 Å². The van der Waals surface area contributed by atoms with E-state index in [0.717, 1.165) is 0 Å². The third-order valence-corrected chi connectivity index (χ3v) is 6.36. The van der Waals surface area contributed by atoms with Gasteiger partial charge >= 0.3 is 0 Å². The molecule has 1 fully saturated rings. The van der Waals surface area contributed by atoms with Crippen LogP contribution in [0.1, 0.15) is 12.8 Å². The second-order valence-electron chi connectivity index (χ2n) is 3.90. The molecule has 17 heavy (non-hydrogen) atoms. The maximum atomic E-state index is 11.7. The Hall–Kier alpha value is -0.930. The lowest BCUT2D eigenvalue weighted by Gasteiger charge is -2.10. The summed E-state index contributed by atoms with van der Waals surface area (Å²) in [6.45, 7) is -0.0797. The van der Waals surface area contributed by atoms with Crippen LogP contribution in [-0.2, 0) is 19.9 Å².